The molecule has 4 rings (SSSR count). The predicted octanol–water partition coefficient (Wildman–Crippen LogP) is 3.12. The van der Waals surface area contributed by atoms with Crippen LogP contribution in [0.15, 0.2) is 78.9 Å². The van der Waals surface area contributed by atoms with Crippen molar-refractivity contribution in [3.8, 4) is 11.1 Å². The number of aliphatic carboxylic acids is 1. The standard InChI is InChI=1S/C26H24N2O4/c29-24(15-22-20-12-6-4-10-18(20)19-11-5-7-13-21(19)22)27-16-25(30)28-23(26(31)32)14-17-8-2-1-3-9-17/h1-13,22-23H,14-16H2,(H,27,29)(H,28,30)(H,31,32)/t23-/m0/s1. The lowest BCUT2D eigenvalue weighted by atomic mass is 9.93. The minimum atomic E-state index is -1.12. The van der Waals surface area contributed by atoms with E-state index in [0.29, 0.717) is 0 Å². The average Bonchev–Trinajstić information content (AvgIpc) is 3.12. The zero-order valence-electron chi connectivity index (χ0n) is 17.5. The van der Waals surface area contributed by atoms with Gasteiger partial charge in [-0.05, 0) is 27.8 Å². The maximum absolute atomic E-state index is 12.6. The van der Waals surface area contributed by atoms with Gasteiger partial charge in [0.1, 0.15) is 6.04 Å². The average molecular weight is 428 g/mol. The Morgan fingerprint density at radius 1 is 0.781 bits per heavy atom. The molecule has 1 atom stereocenters. The van der Waals surface area contributed by atoms with Gasteiger partial charge in [-0.3, -0.25) is 9.59 Å². The number of carboxylic acids is 1. The van der Waals surface area contributed by atoms with Gasteiger partial charge in [-0.2, -0.15) is 0 Å². The number of carbonyl (C=O) groups is 3. The molecule has 0 bridgehead atoms. The van der Waals surface area contributed by atoms with Crippen LogP contribution in [0.2, 0.25) is 0 Å². The van der Waals surface area contributed by atoms with Crippen LogP contribution in [0.5, 0.6) is 0 Å². The fourth-order valence-electron chi connectivity index (χ4n) is 4.21. The second kappa shape index (κ2) is 9.47. The van der Waals surface area contributed by atoms with Crippen molar-refractivity contribution in [3.05, 3.63) is 95.6 Å². The van der Waals surface area contributed by atoms with Gasteiger partial charge in [0.15, 0.2) is 0 Å². The van der Waals surface area contributed by atoms with Gasteiger partial charge in [0.05, 0.1) is 6.54 Å². The van der Waals surface area contributed by atoms with E-state index in [1.54, 1.807) is 12.1 Å². The van der Waals surface area contributed by atoms with Crippen molar-refractivity contribution in [2.45, 2.75) is 24.8 Å². The Balaban J connectivity index is 1.35. The number of carbonyl (C=O) groups excluding carboxylic acids is 2. The third kappa shape index (κ3) is 4.70. The van der Waals surface area contributed by atoms with Crippen LogP contribution in [0.25, 0.3) is 11.1 Å². The second-order valence-electron chi connectivity index (χ2n) is 7.86. The van der Waals surface area contributed by atoms with Gasteiger partial charge < -0.3 is 15.7 Å². The number of nitrogens with one attached hydrogen (secondary N) is 2. The summed E-state index contributed by atoms with van der Waals surface area (Å²) in [7, 11) is 0. The van der Waals surface area contributed by atoms with E-state index in [-0.39, 0.29) is 31.2 Å². The first-order valence-corrected chi connectivity index (χ1v) is 10.5. The fraction of sp³-hybridized carbons (Fsp3) is 0.192. The number of carboxylic acid groups (broad SMARTS) is 1. The summed E-state index contributed by atoms with van der Waals surface area (Å²) in [4.78, 5) is 36.5. The summed E-state index contributed by atoms with van der Waals surface area (Å²) >= 11 is 0. The van der Waals surface area contributed by atoms with Crippen molar-refractivity contribution in [1.29, 1.82) is 0 Å². The van der Waals surface area contributed by atoms with Crippen LogP contribution >= 0.6 is 0 Å². The Labute approximate surface area is 186 Å². The SMILES string of the molecule is O=C(CC1c2ccccc2-c2ccccc21)NCC(=O)N[C@@H](Cc1ccccc1)C(=O)O. The molecule has 1 aliphatic rings. The summed E-state index contributed by atoms with van der Waals surface area (Å²) in [5.41, 5.74) is 5.26. The number of hydrogen-bond acceptors (Lipinski definition) is 3. The van der Waals surface area contributed by atoms with Gasteiger partial charge in [-0.15, -0.1) is 0 Å². The lowest BCUT2D eigenvalue weighted by molar-refractivity contribution is -0.141. The van der Waals surface area contributed by atoms with Crippen molar-refractivity contribution in [1.82, 2.24) is 10.6 Å². The molecule has 0 spiro atoms. The summed E-state index contributed by atoms with van der Waals surface area (Å²) in [6.07, 6.45) is 0.388. The first-order valence-electron chi connectivity index (χ1n) is 10.5. The van der Waals surface area contributed by atoms with E-state index in [1.165, 1.54) is 0 Å². The Bertz CT molecular complexity index is 1100. The monoisotopic (exact) mass is 428 g/mol. The Kier molecular flexibility index (Phi) is 6.31. The molecule has 0 saturated carbocycles. The summed E-state index contributed by atoms with van der Waals surface area (Å²) in [6.45, 7) is -0.270. The summed E-state index contributed by atoms with van der Waals surface area (Å²) in [5.74, 6) is -1.98. The molecule has 6 nitrogen and oxygen atoms in total. The molecule has 6 heteroatoms. The van der Waals surface area contributed by atoms with Crippen molar-refractivity contribution in [2.75, 3.05) is 6.54 Å². The summed E-state index contributed by atoms with van der Waals surface area (Å²) in [5, 5.41) is 14.6. The molecule has 162 valence electrons. The highest BCUT2D eigenvalue weighted by Crippen LogP contribution is 2.45. The van der Waals surface area contributed by atoms with Gasteiger partial charge in [0.25, 0.3) is 0 Å². The largest absolute Gasteiger partial charge is 0.480 e. The first kappa shape index (κ1) is 21.3. The van der Waals surface area contributed by atoms with Gasteiger partial charge in [-0.25, -0.2) is 4.79 Å². The molecule has 0 unspecified atom stereocenters. The topological polar surface area (TPSA) is 95.5 Å². The van der Waals surface area contributed by atoms with E-state index < -0.39 is 17.9 Å². The van der Waals surface area contributed by atoms with E-state index in [9.17, 15) is 19.5 Å². The number of fused-ring (bicyclic) bond motifs is 3. The molecule has 3 N–H and O–H groups in total. The quantitative estimate of drug-likeness (QED) is 0.514. The molecule has 0 aliphatic heterocycles. The Morgan fingerprint density at radius 3 is 1.94 bits per heavy atom. The summed E-state index contributed by atoms with van der Waals surface area (Å²) in [6, 6.07) is 24.1. The molecule has 0 aromatic heterocycles. The molecular formula is C26H24N2O4. The van der Waals surface area contributed by atoms with Crippen molar-refractivity contribution < 1.29 is 19.5 Å². The Hall–Kier alpha value is -3.93. The number of rotatable bonds is 8. The normalized spacial score (nSPS) is 13.0. The first-order chi connectivity index (χ1) is 15.5. The highest BCUT2D eigenvalue weighted by atomic mass is 16.4. The highest BCUT2D eigenvalue weighted by molar-refractivity contribution is 5.89. The van der Waals surface area contributed by atoms with Crippen LogP contribution < -0.4 is 10.6 Å². The molecule has 1 aliphatic carbocycles. The lowest BCUT2D eigenvalue weighted by Gasteiger charge is -2.16. The molecule has 0 radical (unpaired) electrons. The zero-order chi connectivity index (χ0) is 22.5. The maximum atomic E-state index is 12.6. The van der Waals surface area contributed by atoms with E-state index in [2.05, 4.69) is 22.8 Å². The number of hydrogen-bond donors (Lipinski definition) is 3. The maximum Gasteiger partial charge on any atom is 0.326 e. The second-order valence-corrected chi connectivity index (χ2v) is 7.86. The molecule has 3 aromatic carbocycles. The molecule has 2 amide bonds. The van der Waals surface area contributed by atoms with Crippen molar-refractivity contribution >= 4 is 17.8 Å². The minimum absolute atomic E-state index is 0.0738. The molecule has 3 aromatic rings. The van der Waals surface area contributed by atoms with Crippen LogP contribution in [0, 0.1) is 0 Å². The van der Waals surface area contributed by atoms with Crippen molar-refractivity contribution in [2.24, 2.45) is 0 Å². The summed E-state index contributed by atoms with van der Waals surface area (Å²) < 4.78 is 0. The van der Waals surface area contributed by atoms with Crippen LogP contribution in [0.3, 0.4) is 0 Å². The molecule has 0 fully saturated rings. The van der Waals surface area contributed by atoms with Gasteiger partial charge in [-0.1, -0.05) is 78.9 Å². The molecule has 32 heavy (non-hydrogen) atoms. The number of amides is 2. The third-order valence-electron chi connectivity index (χ3n) is 5.71. The van der Waals surface area contributed by atoms with Crippen LogP contribution in [-0.2, 0) is 20.8 Å². The fourth-order valence-corrected chi connectivity index (χ4v) is 4.21. The molecular weight excluding hydrogens is 404 g/mol. The van der Waals surface area contributed by atoms with Crippen LogP contribution in [-0.4, -0.2) is 35.5 Å². The molecule has 0 saturated heterocycles. The Morgan fingerprint density at radius 2 is 1.34 bits per heavy atom. The number of benzene rings is 3. The predicted molar refractivity (Wildman–Crippen MR) is 121 cm³/mol. The van der Waals surface area contributed by atoms with Gasteiger partial charge >= 0.3 is 5.97 Å². The lowest BCUT2D eigenvalue weighted by Crippen LogP contribution is -2.46. The minimum Gasteiger partial charge on any atom is -0.480 e. The molecule has 0 heterocycles. The highest BCUT2D eigenvalue weighted by Gasteiger charge is 2.29. The van der Waals surface area contributed by atoms with Gasteiger partial charge in [0.2, 0.25) is 11.8 Å². The van der Waals surface area contributed by atoms with Crippen molar-refractivity contribution in [3.63, 3.8) is 0 Å². The van der Waals surface area contributed by atoms with Crippen LogP contribution in [0.1, 0.15) is 29.0 Å². The third-order valence-corrected chi connectivity index (χ3v) is 5.71. The van der Waals surface area contributed by atoms with E-state index in [4.69, 9.17) is 0 Å². The zero-order valence-corrected chi connectivity index (χ0v) is 17.5. The smallest absolute Gasteiger partial charge is 0.326 e. The van der Waals surface area contributed by atoms with E-state index in [0.717, 1.165) is 27.8 Å². The van der Waals surface area contributed by atoms with E-state index >= 15 is 0 Å². The van der Waals surface area contributed by atoms with Crippen LogP contribution in [0.4, 0.5) is 0 Å². The van der Waals surface area contributed by atoms with E-state index in [1.807, 2.05) is 54.6 Å². The van der Waals surface area contributed by atoms with Gasteiger partial charge in [0, 0.05) is 18.8 Å².